The van der Waals surface area contributed by atoms with Crippen LogP contribution in [-0.4, -0.2) is 23.0 Å². The summed E-state index contributed by atoms with van der Waals surface area (Å²) in [7, 11) is 0. The fraction of sp³-hybridized carbons (Fsp3) is 0.600. The summed E-state index contributed by atoms with van der Waals surface area (Å²) in [6.45, 7) is 11.7. The van der Waals surface area contributed by atoms with Gasteiger partial charge < -0.3 is 9.84 Å². The number of carbonyl (C=O) groups excluding carboxylic acids is 2. The van der Waals surface area contributed by atoms with E-state index in [9.17, 15) is 14.7 Å². The van der Waals surface area contributed by atoms with Crippen LogP contribution in [0.25, 0.3) is 0 Å². The molecular formula is C40H50O4. The molecule has 44 heavy (non-hydrogen) atoms. The molecule has 7 rings (SSSR count). The van der Waals surface area contributed by atoms with E-state index in [-0.39, 0.29) is 57.3 Å². The highest BCUT2D eigenvalue weighted by Gasteiger charge is 2.69. The van der Waals surface area contributed by atoms with Crippen LogP contribution in [-0.2, 0) is 14.3 Å². The third-order valence-corrected chi connectivity index (χ3v) is 14.3. The minimum absolute atomic E-state index is 0.0542. The zero-order valence-electron chi connectivity index (χ0n) is 27.3. The summed E-state index contributed by atoms with van der Waals surface area (Å²) in [5.74, 6) is 0.465. The Hall–Kier alpha value is -2.72. The number of hydrogen-bond donors (Lipinski definition) is 1. The molecule has 4 fully saturated rings. The maximum Gasteiger partial charge on any atom is 0.312 e. The molecule has 5 aliphatic carbocycles. The van der Waals surface area contributed by atoms with E-state index in [4.69, 9.17) is 4.74 Å². The van der Waals surface area contributed by atoms with Crippen LogP contribution in [0.15, 0.2) is 72.3 Å². The van der Waals surface area contributed by atoms with Gasteiger partial charge >= 0.3 is 5.97 Å². The van der Waals surface area contributed by atoms with Crippen molar-refractivity contribution in [1.29, 1.82) is 0 Å². The van der Waals surface area contributed by atoms with Gasteiger partial charge in [-0.2, -0.15) is 0 Å². The Morgan fingerprint density at radius 1 is 0.818 bits per heavy atom. The predicted octanol–water partition coefficient (Wildman–Crippen LogP) is 8.63. The number of rotatable bonds is 4. The first-order chi connectivity index (χ1) is 20.8. The fourth-order valence-electron chi connectivity index (χ4n) is 11.2. The zero-order valence-corrected chi connectivity index (χ0v) is 27.3. The number of ether oxygens (including phenoxy) is 1. The molecular weight excluding hydrogens is 544 g/mol. The summed E-state index contributed by atoms with van der Waals surface area (Å²) >= 11 is 0. The van der Waals surface area contributed by atoms with Crippen LogP contribution in [0.1, 0.15) is 110 Å². The first-order valence-corrected chi connectivity index (χ1v) is 17.1. The Labute approximate surface area is 263 Å². The molecule has 2 aromatic rings. The Morgan fingerprint density at radius 2 is 1.43 bits per heavy atom. The molecule has 0 amide bonds. The fourth-order valence-corrected chi connectivity index (χ4v) is 11.2. The molecule has 0 bridgehead atoms. The first-order valence-electron chi connectivity index (χ1n) is 17.1. The lowest BCUT2D eigenvalue weighted by molar-refractivity contribution is -0.171. The molecule has 0 aromatic heterocycles. The van der Waals surface area contributed by atoms with Crippen LogP contribution < -0.4 is 0 Å². The van der Waals surface area contributed by atoms with Crippen LogP contribution in [0, 0.1) is 44.8 Å². The normalized spacial score (nSPS) is 42.9. The molecule has 4 heteroatoms. The highest BCUT2D eigenvalue weighted by Crippen LogP contribution is 2.74. The van der Waals surface area contributed by atoms with Gasteiger partial charge in [-0.05, 0) is 115 Å². The quantitative estimate of drug-likeness (QED) is 0.360. The molecule has 5 aliphatic rings. The summed E-state index contributed by atoms with van der Waals surface area (Å²) in [5, 5.41) is 10.9. The van der Waals surface area contributed by atoms with E-state index >= 15 is 0 Å². The van der Waals surface area contributed by atoms with Gasteiger partial charge in [0.15, 0.2) is 11.9 Å². The van der Waals surface area contributed by atoms with Crippen LogP contribution in [0.2, 0.25) is 0 Å². The summed E-state index contributed by atoms with van der Waals surface area (Å²) in [4.78, 5) is 28.7. The number of fused-ring (bicyclic) bond motifs is 7. The van der Waals surface area contributed by atoms with Crippen molar-refractivity contribution in [2.24, 2.45) is 44.8 Å². The molecule has 2 aromatic carbocycles. The minimum atomic E-state index is -0.634. The molecule has 0 unspecified atom stereocenters. The van der Waals surface area contributed by atoms with E-state index in [2.05, 4.69) is 40.7 Å². The number of aliphatic hydroxyl groups is 1. The Balaban J connectivity index is 1.22. The molecule has 1 N–H and O–H groups in total. The van der Waals surface area contributed by atoms with Crippen molar-refractivity contribution in [2.45, 2.75) is 105 Å². The molecule has 4 saturated carbocycles. The highest BCUT2D eigenvalue weighted by molar-refractivity contribution is 5.95. The van der Waals surface area contributed by atoms with Gasteiger partial charge in [-0.3, -0.25) is 9.59 Å². The second-order valence-electron chi connectivity index (χ2n) is 16.5. The second kappa shape index (κ2) is 10.1. The van der Waals surface area contributed by atoms with E-state index in [1.807, 2.05) is 60.7 Å². The lowest BCUT2D eigenvalue weighted by atomic mass is 9.36. The van der Waals surface area contributed by atoms with Crippen molar-refractivity contribution in [3.05, 3.63) is 83.4 Å². The largest absolute Gasteiger partial charge is 0.452 e. The van der Waals surface area contributed by atoms with E-state index in [1.165, 1.54) is 5.57 Å². The first kappa shape index (κ1) is 30.0. The maximum atomic E-state index is 14.4. The smallest absolute Gasteiger partial charge is 0.312 e. The van der Waals surface area contributed by atoms with Gasteiger partial charge in [-0.1, -0.05) is 93.9 Å². The van der Waals surface area contributed by atoms with E-state index in [0.717, 1.165) is 62.5 Å². The van der Waals surface area contributed by atoms with Crippen LogP contribution in [0.5, 0.6) is 0 Å². The van der Waals surface area contributed by atoms with E-state index in [0.29, 0.717) is 6.42 Å². The monoisotopic (exact) mass is 594 g/mol. The standard InChI is InChI=1S/C40H50O4/c1-36-20-21-37(2,35(43)44-33(26-12-8-6-9-13-26)27-14-10-7-11-15-27)25-30(36)29-24-32(42)34-38(3)18-17-31(41)28(38)16-19-40(34,5)39(29,4)23-22-36/h6-15,24,28,30-31,33-34,41H,16-23,25H2,1-5H3/t28-,30-,31+,34+,36+,37-,38-,39+,40+/m0/s1. The third-order valence-electron chi connectivity index (χ3n) is 14.3. The van der Waals surface area contributed by atoms with E-state index < -0.39 is 11.5 Å². The van der Waals surface area contributed by atoms with Gasteiger partial charge in [0, 0.05) is 5.92 Å². The van der Waals surface area contributed by atoms with Gasteiger partial charge in [0.25, 0.3) is 0 Å². The van der Waals surface area contributed by atoms with Crippen molar-refractivity contribution >= 4 is 11.8 Å². The average molecular weight is 595 g/mol. The molecule has 9 atom stereocenters. The van der Waals surface area contributed by atoms with Gasteiger partial charge in [0.2, 0.25) is 0 Å². The summed E-state index contributed by atoms with van der Waals surface area (Å²) in [6, 6.07) is 20.1. The van der Waals surface area contributed by atoms with Crippen molar-refractivity contribution in [1.82, 2.24) is 0 Å². The van der Waals surface area contributed by atoms with Gasteiger partial charge in [0.05, 0.1) is 11.5 Å². The summed E-state index contributed by atoms with van der Waals surface area (Å²) < 4.78 is 6.49. The number of benzene rings is 2. The SMILES string of the molecule is C[C@]1(C(=O)OC(c2ccccc2)c2ccccc2)CC[C@]2(C)CC[C@]3(C)C(=CC(=O)[C@@H]4[C@@]5(C)CC[C@@H](O)[C@@H]5CC[C@]43C)[C@@H]2C1. The molecule has 234 valence electrons. The molecule has 0 saturated heterocycles. The zero-order chi connectivity index (χ0) is 31.1. The lowest BCUT2D eigenvalue weighted by Crippen LogP contribution is -2.63. The van der Waals surface area contributed by atoms with Crippen molar-refractivity contribution in [3.63, 3.8) is 0 Å². The van der Waals surface area contributed by atoms with E-state index in [1.54, 1.807) is 0 Å². The number of esters is 1. The molecule has 4 nitrogen and oxygen atoms in total. The van der Waals surface area contributed by atoms with Crippen LogP contribution >= 0.6 is 0 Å². The molecule has 0 aliphatic heterocycles. The maximum absolute atomic E-state index is 14.4. The Kier molecular flexibility index (Phi) is 6.91. The number of allylic oxidation sites excluding steroid dienone is 2. The highest BCUT2D eigenvalue weighted by atomic mass is 16.5. The third kappa shape index (κ3) is 4.18. The molecule has 0 heterocycles. The van der Waals surface area contributed by atoms with Gasteiger partial charge in [-0.15, -0.1) is 0 Å². The Bertz CT molecular complexity index is 1440. The van der Waals surface area contributed by atoms with Crippen molar-refractivity contribution < 1.29 is 19.4 Å². The van der Waals surface area contributed by atoms with Crippen LogP contribution in [0.3, 0.4) is 0 Å². The molecule has 0 spiro atoms. The second-order valence-corrected chi connectivity index (χ2v) is 16.5. The summed E-state index contributed by atoms with van der Waals surface area (Å²) in [5.41, 5.74) is 2.29. The summed E-state index contributed by atoms with van der Waals surface area (Å²) in [6.07, 6.45) is 9.69. The minimum Gasteiger partial charge on any atom is -0.452 e. The number of hydrogen-bond acceptors (Lipinski definition) is 4. The average Bonchev–Trinajstić information content (AvgIpc) is 3.32. The van der Waals surface area contributed by atoms with Crippen molar-refractivity contribution in [2.75, 3.05) is 0 Å². The number of ketones is 1. The topological polar surface area (TPSA) is 63.6 Å². The van der Waals surface area contributed by atoms with Crippen molar-refractivity contribution in [3.8, 4) is 0 Å². The Morgan fingerprint density at radius 3 is 2.07 bits per heavy atom. The van der Waals surface area contributed by atoms with Gasteiger partial charge in [0.1, 0.15) is 0 Å². The van der Waals surface area contributed by atoms with Crippen LogP contribution in [0.4, 0.5) is 0 Å². The molecule has 0 radical (unpaired) electrons. The number of aliphatic hydroxyl groups excluding tert-OH is 1. The lowest BCUT2D eigenvalue weighted by Gasteiger charge is -2.67. The number of carbonyl (C=O) groups is 2. The van der Waals surface area contributed by atoms with Gasteiger partial charge in [-0.25, -0.2) is 0 Å². The predicted molar refractivity (Wildman–Crippen MR) is 172 cm³/mol.